The predicted octanol–water partition coefficient (Wildman–Crippen LogP) is 3.06. The van der Waals surface area contributed by atoms with E-state index in [0.717, 1.165) is 6.42 Å². The zero-order valence-electron chi connectivity index (χ0n) is 8.00. The lowest BCUT2D eigenvalue weighted by Gasteiger charge is -1.96. The fourth-order valence-electron chi connectivity index (χ4n) is 1.00. The topological polar surface area (TPSA) is 20.2 Å². The maximum atomic E-state index is 9.06. The van der Waals surface area contributed by atoms with Crippen LogP contribution in [0.1, 0.15) is 39.0 Å². The van der Waals surface area contributed by atoms with Gasteiger partial charge in [0.15, 0.2) is 0 Å². The molecule has 0 heterocycles. The van der Waals surface area contributed by atoms with Crippen LogP contribution in [0.3, 0.4) is 0 Å². The summed E-state index contributed by atoms with van der Waals surface area (Å²) in [6.07, 6.45) is 11.1. The van der Waals surface area contributed by atoms with Crippen LogP contribution in [0.4, 0.5) is 0 Å². The Kier molecular flexibility index (Phi) is 8.14. The Morgan fingerprint density at radius 2 is 2.08 bits per heavy atom. The lowest BCUT2D eigenvalue weighted by molar-refractivity contribution is 0.271. The van der Waals surface area contributed by atoms with E-state index in [4.69, 9.17) is 5.11 Å². The van der Waals surface area contributed by atoms with E-state index in [0.29, 0.717) is 0 Å². The van der Waals surface area contributed by atoms with Crippen molar-refractivity contribution in [1.29, 1.82) is 0 Å². The van der Waals surface area contributed by atoms with Gasteiger partial charge in [-0.1, -0.05) is 44.4 Å². The van der Waals surface area contributed by atoms with Crippen molar-refractivity contribution in [2.24, 2.45) is 0 Å². The van der Waals surface area contributed by atoms with Crippen molar-refractivity contribution in [1.82, 2.24) is 0 Å². The van der Waals surface area contributed by atoms with Gasteiger partial charge in [-0.2, -0.15) is 0 Å². The van der Waals surface area contributed by atoms with Gasteiger partial charge in [-0.15, -0.1) is 6.58 Å². The molecule has 1 N–H and O–H groups in total. The Balaban J connectivity index is 3.18. The number of allylic oxidation sites excluding steroid dienone is 1. The second kappa shape index (κ2) is 8.54. The molecule has 0 aliphatic carbocycles. The monoisotopic (exact) mass is 168 g/mol. The average Bonchev–Trinajstić information content (AvgIpc) is 2.10. The van der Waals surface area contributed by atoms with E-state index in [-0.39, 0.29) is 0 Å². The molecule has 0 radical (unpaired) electrons. The molecular weight excluding hydrogens is 148 g/mol. The van der Waals surface area contributed by atoms with E-state index in [1.54, 1.807) is 6.08 Å². The Labute approximate surface area is 75.8 Å². The molecule has 0 aliphatic rings. The van der Waals surface area contributed by atoms with Crippen molar-refractivity contribution in [2.75, 3.05) is 0 Å². The third-order valence-corrected chi connectivity index (χ3v) is 1.80. The first-order valence-electron chi connectivity index (χ1n) is 4.78. The summed E-state index contributed by atoms with van der Waals surface area (Å²) in [4.78, 5) is 0. The molecule has 0 fully saturated rings. The van der Waals surface area contributed by atoms with Gasteiger partial charge in [-0.25, -0.2) is 0 Å². The van der Waals surface area contributed by atoms with E-state index in [1.165, 1.54) is 31.8 Å². The third-order valence-electron chi connectivity index (χ3n) is 1.80. The van der Waals surface area contributed by atoms with Crippen LogP contribution in [0.15, 0.2) is 24.8 Å². The van der Waals surface area contributed by atoms with Gasteiger partial charge >= 0.3 is 0 Å². The first-order chi connectivity index (χ1) is 5.81. The van der Waals surface area contributed by atoms with Crippen LogP contribution >= 0.6 is 0 Å². The van der Waals surface area contributed by atoms with Crippen LogP contribution in [-0.2, 0) is 0 Å². The van der Waals surface area contributed by atoms with Gasteiger partial charge in [0.25, 0.3) is 0 Å². The van der Waals surface area contributed by atoms with E-state index in [9.17, 15) is 0 Å². The minimum Gasteiger partial charge on any atom is -0.385 e. The summed E-state index contributed by atoms with van der Waals surface area (Å²) in [5.41, 5.74) is 0. The van der Waals surface area contributed by atoms with Gasteiger partial charge in [0.1, 0.15) is 0 Å². The van der Waals surface area contributed by atoms with E-state index in [2.05, 4.69) is 13.5 Å². The van der Waals surface area contributed by atoms with Crippen LogP contribution in [0.25, 0.3) is 0 Å². The fraction of sp³-hybridized carbons (Fsp3) is 0.636. The second-order valence-corrected chi connectivity index (χ2v) is 3.00. The molecule has 12 heavy (non-hydrogen) atoms. The summed E-state index contributed by atoms with van der Waals surface area (Å²) in [7, 11) is 0. The zero-order valence-corrected chi connectivity index (χ0v) is 8.00. The molecule has 0 spiro atoms. The summed E-state index contributed by atoms with van der Waals surface area (Å²) in [6, 6.07) is 0. The molecule has 0 bridgehead atoms. The average molecular weight is 168 g/mol. The van der Waals surface area contributed by atoms with Crippen molar-refractivity contribution in [3.05, 3.63) is 24.8 Å². The third kappa shape index (κ3) is 7.55. The predicted molar refractivity (Wildman–Crippen MR) is 54.1 cm³/mol. The molecule has 0 amide bonds. The van der Waals surface area contributed by atoms with Crippen molar-refractivity contribution in [3.63, 3.8) is 0 Å². The van der Waals surface area contributed by atoms with Gasteiger partial charge in [-0.05, 0) is 12.8 Å². The molecule has 1 unspecified atom stereocenters. The minimum absolute atomic E-state index is 0.462. The molecule has 0 aromatic heterocycles. The minimum atomic E-state index is -0.462. The first-order valence-corrected chi connectivity index (χ1v) is 4.78. The maximum Gasteiger partial charge on any atom is 0.0899 e. The normalized spacial score (nSPS) is 13.5. The standard InChI is InChI=1S/C11H20O/c1-3-5-6-7-8-9-10-11(12)4-2/h4,9-12H,2-3,5-8H2,1H3/b10-9+. The zero-order chi connectivity index (χ0) is 9.23. The van der Waals surface area contributed by atoms with E-state index < -0.39 is 6.10 Å². The van der Waals surface area contributed by atoms with Crippen molar-refractivity contribution >= 4 is 0 Å². The van der Waals surface area contributed by atoms with Crippen molar-refractivity contribution < 1.29 is 5.11 Å². The highest BCUT2D eigenvalue weighted by Gasteiger charge is 1.88. The van der Waals surface area contributed by atoms with Crippen molar-refractivity contribution in [3.8, 4) is 0 Å². The summed E-state index contributed by atoms with van der Waals surface area (Å²) in [6.45, 7) is 5.69. The smallest absolute Gasteiger partial charge is 0.0899 e. The highest BCUT2D eigenvalue weighted by Crippen LogP contribution is 2.03. The van der Waals surface area contributed by atoms with Crippen LogP contribution in [-0.4, -0.2) is 11.2 Å². The number of unbranched alkanes of at least 4 members (excludes halogenated alkanes) is 4. The van der Waals surface area contributed by atoms with E-state index in [1.807, 2.05) is 6.08 Å². The number of hydrogen-bond donors (Lipinski definition) is 1. The van der Waals surface area contributed by atoms with Gasteiger partial charge in [0.2, 0.25) is 0 Å². The Morgan fingerprint density at radius 1 is 1.33 bits per heavy atom. The number of hydrogen-bond acceptors (Lipinski definition) is 1. The summed E-state index contributed by atoms with van der Waals surface area (Å²) >= 11 is 0. The molecule has 0 aliphatic heterocycles. The number of aliphatic hydroxyl groups excluding tert-OH is 1. The first kappa shape index (κ1) is 11.4. The molecule has 0 saturated heterocycles. The van der Waals surface area contributed by atoms with Gasteiger partial charge in [-0.3, -0.25) is 0 Å². The van der Waals surface area contributed by atoms with Gasteiger partial charge < -0.3 is 5.11 Å². The summed E-state index contributed by atoms with van der Waals surface area (Å²) in [5.74, 6) is 0. The molecule has 1 heteroatoms. The Hall–Kier alpha value is -0.560. The number of rotatable bonds is 7. The molecule has 0 aromatic rings. The molecule has 1 atom stereocenters. The highest BCUT2D eigenvalue weighted by molar-refractivity contribution is 4.97. The van der Waals surface area contributed by atoms with Crippen LogP contribution in [0.2, 0.25) is 0 Å². The molecule has 70 valence electrons. The Morgan fingerprint density at radius 3 is 2.67 bits per heavy atom. The molecular formula is C11H20O. The maximum absolute atomic E-state index is 9.06. The molecule has 0 saturated carbocycles. The van der Waals surface area contributed by atoms with Crippen LogP contribution < -0.4 is 0 Å². The van der Waals surface area contributed by atoms with Crippen LogP contribution in [0.5, 0.6) is 0 Å². The van der Waals surface area contributed by atoms with Gasteiger partial charge in [0.05, 0.1) is 6.10 Å². The summed E-state index contributed by atoms with van der Waals surface area (Å²) < 4.78 is 0. The molecule has 1 nitrogen and oxygen atoms in total. The largest absolute Gasteiger partial charge is 0.385 e. The van der Waals surface area contributed by atoms with Crippen molar-refractivity contribution in [2.45, 2.75) is 45.1 Å². The SMILES string of the molecule is C=CC(O)/C=C/CCCCCC. The quantitative estimate of drug-likeness (QED) is 0.457. The molecule has 0 rings (SSSR count). The second-order valence-electron chi connectivity index (χ2n) is 3.00. The van der Waals surface area contributed by atoms with Gasteiger partial charge in [0, 0.05) is 0 Å². The fourth-order valence-corrected chi connectivity index (χ4v) is 1.00. The Bertz CT molecular complexity index is 127. The summed E-state index contributed by atoms with van der Waals surface area (Å²) in [5, 5.41) is 9.06. The lowest BCUT2D eigenvalue weighted by atomic mass is 10.1. The molecule has 0 aromatic carbocycles. The number of aliphatic hydroxyl groups is 1. The lowest BCUT2D eigenvalue weighted by Crippen LogP contribution is -1.93. The van der Waals surface area contributed by atoms with E-state index >= 15 is 0 Å². The van der Waals surface area contributed by atoms with Crippen LogP contribution in [0, 0.1) is 0 Å². The highest BCUT2D eigenvalue weighted by atomic mass is 16.3.